The van der Waals surface area contributed by atoms with Gasteiger partial charge in [-0.05, 0) is 11.3 Å². The highest BCUT2D eigenvalue weighted by molar-refractivity contribution is 5.01. The number of hydrogen-bond acceptors (Lipinski definition) is 3. The maximum atomic E-state index is 14.9. The van der Waals surface area contributed by atoms with Gasteiger partial charge in [0.25, 0.3) is 0 Å². The van der Waals surface area contributed by atoms with E-state index < -0.39 is 11.1 Å². The number of hydrogen-bond donors (Lipinski definition) is 1. The van der Waals surface area contributed by atoms with Crippen LogP contribution in [0.3, 0.4) is 0 Å². The summed E-state index contributed by atoms with van der Waals surface area (Å²) in [6, 6.07) is 0. The van der Waals surface area contributed by atoms with Crippen LogP contribution in [0.5, 0.6) is 0 Å². The lowest BCUT2D eigenvalue weighted by Gasteiger charge is -2.36. The van der Waals surface area contributed by atoms with E-state index in [9.17, 15) is 4.39 Å². The largest absolute Gasteiger partial charge is 0.327 e. The molecule has 18 heavy (non-hydrogen) atoms. The topological polar surface area (TPSA) is 56.7 Å². The van der Waals surface area contributed by atoms with Crippen molar-refractivity contribution in [3.8, 4) is 0 Å². The first-order chi connectivity index (χ1) is 8.19. The molecular weight excluding hydrogens is 231 g/mol. The van der Waals surface area contributed by atoms with Crippen LogP contribution >= 0.6 is 0 Å². The molecule has 0 aliphatic carbocycles. The summed E-state index contributed by atoms with van der Waals surface area (Å²) < 4.78 is 16.7. The fourth-order valence-electron chi connectivity index (χ4n) is 1.82. The van der Waals surface area contributed by atoms with Crippen LogP contribution in [0.15, 0.2) is 6.33 Å². The van der Waals surface area contributed by atoms with Crippen LogP contribution in [0.2, 0.25) is 0 Å². The van der Waals surface area contributed by atoms with Crippen LogP contribution in [0, 0.1) is 11.3 Å². The summed E-state index contributed by atoms with van der Waals surface area (Å²) >= 11 is 0. The molecule has 1 heterocycles. The van der Waals surface area contributed by atoms with Gasteiger partial charge in [0.05, 0.1) is 0 Å². The van der Waals surface area contributed by atoms with Crippen LogP contribution in [-0.2, 0) is 13.0 Å². The molecule has 0 bridgehead atoms. The van der Waals surface area contributed by atoms with Crippen molar-refractivity contribution in [3.63, 3.8) is 0 Å². The zero-order chi connectivity index (χ0) is 14.0. The van der Waals surface area contributed by atoms with Gasteiger partial charge >= 0.3 is 0 Å². The Hall–Kier alpha value is -0.970. The second-order valence-electron chi connectivity index (χ2n) is 6.35. The van der Waals surface area contributed by atoms with Crippen LogP contribution in [0.25, 0.3) is 0 Å². The van der Waals surface area contributed by atoms with Gasteiger partial charge in [-0.25, -0.2) is 14.1 Å². The quantitative estimate of drug-likeness (QED) is 0.878. The van der Waals surface area contributed by atoms with Crippen molar-refractivity contribution in [2.75, 3.05) is 6.54 Å². The van der Waals surface area contributed by atoms with Gasteiger partial charge in [-0.2, -0.15) is 5.10 Å². The van der Waals surface area contributed by atoms with Gasteiger partial charge < -0.3 is 5.73 Å². The summed E-state index contributed by atoms with van der Waals surface area (Å²) in [6.45, 7) is 10.5. The Morgan fingerprint density at radius 2 is 2.00 bits per heavy atom. The molecule has 0 saturated heterocycles. The Labute approximate surface area is 109 Å². The summed E-state index contributed by atoms with van der Waals surface area (Å²) in [6.07, 6.45) is 1.69. The third kappa shape index (κ3) is 3.28. The lowest BCUT2D eigenvalue weighted by atomic mass is 9.75. The first-order valence-electron chi connectivity index (χ1n) is 6.45. The Morgan fingerprint density at radius 3 is 2.44 bits per heavy atom. The third-order valence-corrected chi connectivity index (χ3v) is 3.34. The van der Waals surface area contributed by atoms with E-state index in [0.29, 0.717) is 11.7 Å². The van der Waals surface area contributed by atoms with E-state index >= 15 is 0 Å². The van der Waals surface area contributed by atoms with Crippen molar-refractivity contribution in [1.82, 2.24) is 14.8 Å². The number of halogens is 1. The summed E-state index contributed by atoms with van der Waals surface area (Å²) in [5.74, 6) is 1.12. The molecule has 1 rings (SSSR count). The van der Waals surface area contributed by atoms with Crippen LogP contribution in [0.1, 0.15) is 40.4 Å². The number of nitrogens with two attached hydrogens (primary N) is 1. The van der Waals surface area contributed by atoms with Gasteiger partial charge in [0.1, 0.15) is 17.8 Å². The summed E-state index contributed by atoms with van der Waals surface area (Å²) in [5, 5.41) is 4.15. The minimum atomic E-state index is -1.46. The SMILES string of the molecule is CC(C)Cn1ncnc1CC(F)(CN)C(C)(C)C. The van der Waals surface area contributed by atoms with E-state index in [1.165, 1.54) is 6.33 Å². The minimum Gasteiger partial charge on any atom is -0.327 e. The number of rotatable bonds is 5. The van der Waals surface area contributed by atoms with Crippen LogP contribution in [-0.4, -0.2) is 27.0 Å². The third-order valence-electron chi connectivity index (χ3n) is 3.34. The average molecular weight is 256 g/mol. The fraction of sp³-hybridized carbons (Fsp3) is 0.846. The Bertz CT molecular complexity index is 381. The van der Waals surface area contributed by atoms with Crippen molar-refractivity contribution in [3.05, 3.63) is 12.2 Å². The highest BCUT2D eigenvalue weighted by Gasteiger charge is 2.42. The molecule has 4 nitrogen and oxygen atoms in total. The van der Waals surface area contributed by atoms with Crippen LogP contribution < -0.4 is 5.73 Å². The first kappa shape index (κ1) is 15.1. The van der Waals surface area contributed by atoms with Gasteiger partial charge in [-0.15, -0.1) is 0 Å². The predicted molar refractivity (Wildman–Crippen MR) is 70.9 cm³/mol. The maximum absolute atomic E-state index is 14.9. The number of alkyl halides is 1. The molecule has 0 aliphatic heterocycles. The lowest BCUT2D eigenvalue weighted by molar-refractivity contribution is 0.0350. The summed E-state index contributed by atoms with van der Waals surface area (Å²) in [7, 11) is 0. The maximum Gasteiger partial charge on any atom is 0.138 e. The second kappa shape index (κ2) is 5.34. The van der Waals surface area contributed by atoms with Gasteiger partial charge in [-0.3, -0.25) is 0 Å². The van der Waals surface area contributed by atoms with Gasteiger partial charge in [0, 0.05) is 19.5 Å². The molecule has 0 spiro atoms. The van der Waals surface area contributed by atoms with Crippen molar-refractivity contribution in [1.29, 1.82) is 0 Å². The number of nitrogens with zero attached hydrogens (tertiary/aromatic N) is 3. The molecule has 0 amide bonds. The zero-order valence-corrected chi connectivity index (χ0v) is 12.1. The smallest absolute Gasteiger partial charge is 0.138 e. The first-order valence-corrected chi connectivity index (χ1v) is 6.45. The lowest BCUT2D eigenvalue weighted by Crippen LogP contribution is -2.47. The standard InChI is InChI=1S/C13H25FN4/c1-10(2)7-18-11(16-9-17-18)6-13(14,8-15)12(3,4)5/h9-10H,6-8,15H2,1-5H3. The molecule has 0 radical (unpaired) electrons. The molecule has 1 aromatic heterocycles. The molecule has 5 heteroatoms. The predicted octanol–water partition coefficient (Wildman–Crippen LogP) is 2.19. The zero-order valence-electron chi connectivity index (χ0n) is 12.1. The highest BCUT2D eigenvalue weighted by atomic mass is 19.1. The highest BCUT2D eigenvalue weighted by Crippen LogP contribution is 2.35. The van der Waals surface area contributed by atoms with Gasteiger partial charge in [0.2, 0.25) is 0 Å². The van der Waals surface area contributed by atoms with E-state index in [4.69, 9.17) is 5.73 Å². The molecule has 2 N–H and O–H groups in total. The molecule has 0 fully saturated rings. The van der Waals surface area contributed by atoms with Crippen molar-refractivity contribution in [2.24, 2.45) is 17.1 Å². The molecule has 0 saturated carbocycles. The minimum absolute atomic E-state index is 0.00889. The molecule has 104 valence electrons. The van der Waals surface area contributed by atoms with E-state index in [0.717, 1.165) is 6.54 Å². The Morgan fingerprint density at radius 1 is 1.39 bits per heavy atom. The van der Waals surface area contributed by atoms with E-state index in [1.807, 2.05) is 20.8 Å². The van der Waals surface area contributed by atoms with E-state index in [-0.39, 0.29) is 13.0 Å². The van der Waals surface area contributed by atoms with E-state index in [2.05, 4.69) is 23.9 Å². The Balaban J connectivity index is 2.93. The van der Waals surface area contributed by atoms with Gasteiger partial charge in [0.15, 0.2) is 0 Å². The summed E-state index contributed by atoms with van der Waals surface area (Å²) in [5.41, 5.74) is 3.65. The molecule has 0 aromatic carbocycles. The van der Waals surface area contributed by atoms with Gasteiger partial charge in [-0.1, -0.05) is 34.6 Å². The molecule has 1 atom stereocenters. The van der Waals surface area contributed by atoms with Crippen molar-refractivity contribution >= 4 is 0 Å². The van der Waals surface area contributed by atoms with Crippen molar-refractivity contribution < 1.29 is 4.39 Å². The molecule has 0 aliphatic rings. The Kier molecular flexibility index (Phi) is 4.48. The summed E-state index contributed by atoms with van der Waals surface area (Å²) in [4.78, 5) is 4.17. The van der Waals surface area contributed by atoms with Crippen LogP contribution in [0.4, 0.5) is 4.39 Å². The second-order valence-corrected chi connectivity index (χ2v) is 6.35. The number of aromatic nitrogens is 3. The van der Waals surface area contributed by atoms with E-state index in [1.54, 1.807) is 4.68 Å². The molecule has 1 aromatic rings. The normalized spacial score (nSPS) is 16.0. The fourth-order valence-corrected chi connectivity index (χ4v) is 1.82. The molecule has 1 unspecified atom stereocenters. The average Bonchev–Trinajstić information content (AvgIpc) is 2.63. The van der Waals surface area contributed by atoms with Crippen molar-refractivity contribution in [2.45, 2.75) is 53.3 Å². The monoisotopic (exact) mass is 256 g/mol. The molecular formula is C13H25FN4.